The molecule has 0 N–H and O–H groups in total. The number of benzene rings is 1. The fourth-order valence-corrected chi connectivity index (χ4v) is 2.23. The SMILES string of the molecule is C/C=C/C(=C(/CSC#N)C(=O)OC)c1ccc(C)cc1. The van der Waals surface area contributed by atoms with Crippen LogP contribution in [0.15, 0.2) is 42.0 Å². The Bertz CT molecular complexity index is 565. The smallest absolute Gasteiger partial charge is 0.335 e. The predicted octanol–water partition coefficient (Wildman–Crippen LogP) is 3.71. The Kier molecular flexibility index (Phi) is 6.61. The van der Waals surface area contributed by atoms with Gasteiger partial charge in [0, 0.05) is 5.75 Å². The number of rotatable bonds is 5. The highest BCUT2D eigenvalue weighted by atomic mass is 32.2. The molecule has 0 amide bonds. The van der Waals surface area contributed by atoms with E-state index in [9.17, 15) is 4.79 Å². The first-order valence-electron chi connectivity index (χ1n) is 6.16. The number of ether oxygens (including phenoxy) is 1. The van der Waals surface area contributed by atoms with Gasteiger partial charge in [0.2, 0.25) is 0 Å². The number of thiocyanates is 1. The molecule has 0 spiro atoms. The van der Waals surface area contributed by atoms with Crippen LogP contribution in [0.5, 0.6) is 0 Å². The van der Waals surface area contributed by atoms with Gasteiger partial charge < -0.3 is 4.74 Å². The number of nitriles is 1. The highest BCUT2D eigenvalue weighted by Gasteiger charge is 2.16. The summed E-state index contributed by atoms with van der Waals surface area (Å²) in [6, 6.07) is 7.91. The van der Waals surface area contributed by atoms with Crippen LogP contribution in [0.1, 0.15) is 18.1 Å². The van der Waals surface area contributed by atoms with Gasteiger partial charge in [-0.15, -0.1) is 0 Å². The molecule has 0 heterocycles. The topological polar surface area (TPSA) is 50.1 Å². The second kappa shape index (κ2) is 8.23. The molecule has 1 aromatic rings. The average Bonchev–Trinajstić information content (AvgIpc) is 2.47. The van der Waals surface area contributed by atoms with Gasteiger partial charge in [-0.2, -0.15) is 5.26 Å². The lowest BCUT2D eigenvalue weighted by Gasteiger charge is -2.10. The molecular weight excluding hydrogens is 270 g/mol. The average molecular weight is 287 g/mol. The van der Waals surface area contributed by atoms with E-state index in [1.54, 1.807) is 0 Å². The number of hydrogen-bond donors (Lipinski definition) is 0. The summed E-state index contributed by atoms with van der Waals surface area (Å²) in [5, 5.41) is 10.7. The Morgan fingerprint density at radius 3 is 2.55 bits per heavy atom. The summed E-state index contributed by atoms with van der Waals surface area (Å²) in [6.45, 7) is 3.90. The van der Waals surface area contributed by atoms with Gasteiger partial charge in [-0.25, -0.2) is 4.79 Å². The minimum atomic E-state index is -0.401. The standard InChI is InChI=1S/C16H17NO2S/c1-4-5-14(13-8-6-12(2)7-9-13)15(10-20-11-17)16(18)19-3/h4-9H,10H2,1-3H3/b5-4+,15-14+. The Balaban J connectivity index is 3.36. The Morgan fingerprint density at radius 1 is 1.40 bits per heavy atom. The zero-order chi connectivity index (χ0) is 15.0. The number of allylic oxidation sites excluding steroid dienone is 3. The number of esters is 1. The van der Waals surface area contributed by atoms with Crippen molar-refractivity contribution in [3.05, 3.63) is 53.1 Å². The van der Waals surface area contributed by atoms with Crippen molar-refractivity contribution >= 4 is 23.3 Å². The Morgan fingerprint density at radius 2 is 2.05 bits per heavy atom. The van der Waals surface area contributed by atoms with E-state index in [2.05, 4.69) is 0 Å². The number of thioether (sulfide) groups is 1. The molecule has 0 aliphatic rings. The van der Waals surface area contributed by atoms with Crippen molar-refractivity contribution < 1.29 is 9.53 Å². The summed E-state index contributed by atoms with van der Waals surface area (Å²) in [5.74, 6) is -0.0992. The molecule has 0 bridgehead atoms. The highest BCUT2D eigenvalue weighted by molar-refractivity contribution is 8.03. The fourth-order valence-electron chi connectivity index (χ4n) is 1.75. The Hall–Kier alpha value is -1.99. The number of methoxy groups -OCH3 is 1. The van der Waals surface area contributed by atoms with Gasteiger partial charge in [0.15, 0.2) is 0 Å². The van der Waals surface area contributed by atoms with Crippen LogP contribution in [0.4, 0.5) is 0 Å². The fraction of sp³-hybridized carbons (Fsp3) is 0.250. The minimum absolute atomic E-state index is 0.302. The quantitative estimate of drug-likeness (QED) is 0.358. The molecule has 0 atom stereocenters. The van der Waals surface area contributed by atoms with Crippen LogP contribution in [0.3, 0.4) is 0 Å². The third-order valence-corrected chi connectivity index (χ3v) is 3.30. The van der Waals surface area contributed by atoms with E-state index < -0.39 is 5.97 Å². The van der Waals surface area contributed by atoms with Gasteiger partial charge in [-0.1, -0.05) is 42.0 Å². The maximum Gasteiger partial charge on any atom is 0.335 e. The van der Waals surface area contributed by atoms with Gasteiger partial charge in [0.05, 0.1) is 12.7 Å². The number of carbonyl (C=O) groups is 1. The van der Waals surface area contributed by atoms with Gasteiger partial charge >= 0.3 is 5.97 Å². The molecule has 0 aliphatic carbocycles. The third kappa shape index (κ3) is 4.29. The summed E-state index contributed by atoms with van der Waals surface area (Å²) in [5.41, 5.74) is 3.38. The zero-order valence-electron chi connectivity index (χ0n) is 11.8. The first-order chi connectivity index (χ1) is 9.63. The lowest BCUT2D eigenvalue weighted by Crippen LogP contribution is -2.09. The summed E-state index contributed by atoms with van der Waals surface area (Å²) in [6.07, 6.45) is 3.74. The summed E-state index contributed by atoms with van der Waals surface area (Å²) in [7, 11) is 1.35. The molecule has 0 radical (unpaired) electrons. The first-order valence-corrected chi connectivity index (χ1v) is 7.14. The molecule has 20 heavy (non-hydrogen) atoms. The van der Waals surface area contributed by atoms with E-state index in [1.807, 2.05) is 55.7 Å². The van der Waals surface area contributed by atoms with E-state index >= 15 is 0 Å². The zero-order valence-corrected chi connectivity index (χ0v) is 12.7. The molecule has 0 saturated carbocycles. The van der Waals surface area contributed by atoms with Crippen molar-refractivity contribution in [2.24, 2.45) is 0 Å². The van der Waals surface area contributed by atoms with Gasteiger partial charge in [-0.05, 0) is 36.7 Å². The van der Waals surface area contributed by atoms with Gasteiger partial charge in [0.1, 0.15) is 5.40 Å². The van der Waals surface area contributed by atoms with Crippen molar-refractivity contribution in [1.82, 2.24) is 0 Å². The summed E-state index contributed by atoms with van der Waals surface area (Å²) in [4.78, 5) is 11.9. The largest absolute Gasteiger partial charge is 0.466 e. The second-order valence-electron chi connectivity index (χ2n) is 4.13. The summed E-state index contributed by atoms with van der Waals surface area (Å²) >= 11 is 1.02. The van der Waals surface area contributed by atoms with Crippen molar-refractivity contribution in [2.75, 3.05) is 12.9 Å². The molecule has 3 nitrogen and oxygen atoms in total. The van der Waals surface area contributed by atoms with Crippen molar-refractivity contribution in [3.63, 3.8) is 0 Å². The van der Waals surface area contributed by atoms with Gasteiger partial charge in [-0.3, -0.25) is 0 Å². The summed E-state index contributed by atoms with van der Waals surface area (Å²) < 4.78 is 4.83. The Labute approximate surface area is 123 Å². The van der Waals surface area contributed by atoms with Crippen LogP contribution in [0, 0.1) is 17.6 Å². The molecule has 1 rings (SSSR count). The molecule has 0 aromatic heterocycles. The minimum Gasteiger partial charge on any atom is -0.466 e. The second-order valence-corrected chi connectivity index (χ2v) is 4.89. The van der Waals surface area contributed by atoms with Crippen LogP contribution in [0.25, 0.3) is 5.57 Å². The third-order valence-electron chi connectivity index (χ3n) is 2.73. The van der Waals surface area contributed by atoms with Crippen LogP contribution in [-0.4, -0.2) is 18.8 Å². The molecule has 0 fully saturated rings. The predicted molar refractivity (Wildman–Crippen MR) is 83.0 cm³/mol. The van der Waals surface area contributed by atoms with E-state index in [1.165, 1.54) is 7.11 Å². The monoisotopic (exact) mass is 287 g/mol. The van der Waals surface area contributed by atoms with E-state index in [0.29, 0.717) is 11.3 Å². The first kappa shape index (κ1) is 16.1. The maximum atomic E-state index is 11.9. The molecule has 0 unspecified atom stereocenters. The molecular formula is C16H17NO2S. The number of aryl methyl sites for hydroxylation is 1. The van der Waals surface area contributed by atoms with Crippen molar-refractivity contribution in [3.8, 4) is 5.40 Å². The molecule has 0 aliphatic heterocycles. The molecule has 4 heteroatoms. The maximum absolute atomic E-state index is 11.9. The number of nitrogens with zero attached hydrogens (tertiary/aromatic N) is 1. The molecule has 1 aromatic carbocycles. The number of hydrogen-bond acceptors (Lipinski definition) is 4. The van der Waals surface area contributed by atoms with Gasteiger partial charge in [0.25, 0.3) is 0 Å². The van der Waals surface area contributed by atoms with Crippen LogP contribution in [-0.2, 0) is 9.53 Å². The van der Waals surface area contributed by atoms with Crippen molar-refractivity contribution in [1.29, 1.82) is 5.26 Å². The van der Waals surface area contributed by atoms with Crippen LogP contribution in [0.2, 0.25) is 0 Å². The highest BCUT2D eigenvalue weighted by Crippen LogP contribution is 2.24. The lowest BCUT2D eigenvalue weighted by molar-refractivity contribution is -0.135. The normalized spacial score (nSPS) is 11.9. The van der Waals surface area contributed by atoms with E-state index in [-0.39, 0.29) is 0 Å². The lowest BCUT2D eigenvalue weighted by atomic mass is 9.99. The van der Waals surface area contributed by atoms with Crippen LogP contribution < -0.4 is 0 Å². The number of carbonyl (C=O) groups excluding carboxylic acids is 1. The molecule has 0 saturated heterocycles. The van der Waals surface area contributed by atoms with E-state index in [4.69, 9.17) is 10.00 Å². The van der Waals surface area contributed by atoms with Crippen LogP contribution >= 0.6 is 11.8 Å². The van der Waals surface area contributed by atoms with E-state index in [0.717, 1.165) is 28.5 Å². The molecule has 104 valence electrons. The van der Waals surface area contributed by atoms with Crippen molar-refractivity contribution in [2.45, 2.75) is 13.8 Å².